The lowest BCUT2D eigenvalue weighted by Gasteiger charge is -2.09. The molecule has 2 N–H and O–H groups in total. The summed E-state index contributed by atoms with van der Waals surface area (Å²) in [5.41, 5.74) is 3.66. The summed E-state index contributed by atoms with van der Waals surface area (Å²) in [5.74, 6) is 5.21. The predicted molar refractivity (Wildman–Crippen MR) is 82.1 cm³/mol. The quantitative estimate of drug-likeness (QED) is 0.830. The minimum absolute atomic E-state index is 0.210. The van der Waals surface area contributed by atoms with Crippen LogP contribution in [0.25, 0.3) is 0 Å². The predicted octanol–water partition coefficient (Wildman–Crippen LogP) is 2.29. The maximum absolute atomic E-state index is 12.3. The van der Waals surface area contributed by atoms with E-state index in [0.29, 0.717) is 16.8 Å². The molecule has 4 nitrogen and oxygen atoms in total. The molecule has 1 amide bonds. The summed E-state index contributed by atoms with van der Waals surface area (Å²) >= 11 is 0. The van der Waals surface area contributed by atoms with Crippen molar-refractivity contribution in [1.82, 2.24) is 4.98 Å². The van der Waals surface area contributed by atoms with Crippen molar-refractivity contribution in [3.8, 4) is 11.8 Å². The van der Waals surface area contributed by atoms with Crippen molar-refractivity contribution < 1.29 is 9.90 Å². The molecule has 0 radical (unpaired) electrons. The van der Waals surface area contributed by atoms with Crippen molar-refractivity contribution in [1.29, 1.82) is 0 Å². The molecule has 4 heteroatoms. The molecule has 0 atom stereocenters. The lowest BCUT2D eigenvalue weighted by atomic mass is 10.1. The van der Waals surface area contributed by atoms with E-state index in [2.05, 4.69) is 22.1 Å². The van der Waals surface area contributed by atoms with Gasteiger partial charge in [0.05, 0.1) is 5.69 Å². The Morgan fingerprint density at radius 1 is 1.29 bits per heavy atom. The molecule has 0 aliphatic heterocycles. The molecule has 0 fully saturated rings. The van der Waals surface area contributed by atoms with Crippen molar-refractivity contribution in [3.63, 3.8) is 0 Å². The zero-order valence-electron chi connectivity index (χ0n) is 12.0. The summed E-state index contributed by atoms with van der Waals surface area (Å²) in [6.07, 6.45) is 1.60. The lowest BCUT2D eigenvalue weighted by Crippen LogP contribution is -2.13. The topological polar surface area (TPSA) is 62.2 Å². The molecule has 0 aliphatic rings. The van der Waals surface area contributed by atoms with Gasteiger partial charge in [0.15, 0.2) is 0 Å². The van der Waals surface area contributed by atoms with Gasteiger partial charge >= 0.3 is 0 Å². The van der Waals surface area contributed by atoms with Gasteiger partial charge < -0.3 is 10.4 Å². The second-order valence-electron chi connectivity index (χ2n) is 4.65. The number of hydrogen-bond donors (Lipinski definition) is 2. The standard InChI is InChI=1S/C17H16N2O2/c1-12-5-6-14(4-3-9-20)16(10-12)19-17(21)15-7-8-18-13(2)11-15/h5-8,10-11,20H,9H2,1-2H3,(H,19,21). The molecule has 21 heavy (non-hydrogen) atoms. The largest absolute Gasteiger partial charge is 0.384 e. The van der Waals surface area contributed by atoms with Crippen LogP contribution in [0.3, 0.4) is 0 Å². The van der Waals surface area contributed by atoms with Gasteiger partial charge in [0.2, 0.25) is 0 Å². The Bertz CT molecular complexity index is 727. The minimum Gasteiger partial charge on any atom is -0.384 e. The van der Waals surface area contributed by atoms with Gasteiger partial charge in [-0.25, -0.2) is 0 Å². The van der Waals surface area contributed by atoms with E-state index in [9.17, 15) is 4.79 Å². The van der Waals surface area contributed by atoms with E-state index < -0.39 is 0 Å². The first-order valence-corrected chi connectivity index (χ1v) is 6.54. The summed E-state index contributed by atoms with van der Waals surface area (Å²) < 4.78 is 0. The van der Waals surface area contributed by atoms with Gasteiger partial charge in [-0.15, -0.1) is 0 Å². The number of rotatable bonds is 2. The van der Waals surface area contributed by atoms with E-state index in [4.69, 9.17) is 5.11 Å². The maximum Gasteiger partial charge on any atom is 0.255 e. The summed E-state index contributed by atoms with van der Waals surface area (Å²) in [5, 5.41) is 11.6. The molecule has 1 heterocycles. The van der Waals surface area contributed by atoms with E-state index in [1.807, 2.05) is 32.0 Å². The third-order valence-corrected chi connectivity index (χ3v) is 2.88. The number of amides is 1. The van der Waals surface area contributed by atoms with Crippen LogP contribution in [0.2, 0.25) is 0 Å². The molecule has 1 aromatic heterocycles. The molecular formula is C17H16N2O2. The van der Waals surface area contributed by atoms with Crippen LogP contribution in [0.1, 0.15) is 27.2 Å². The normalized spacial score (nSPS) is 9.67. The monoisotopic (exact) mass is 280 g/mol. The number of aliphatic hydroxyl groups excluding tert-OH is 1. The van der Waals surface area contributed by atoms with Crippen LogP contribution in [-0.2, 0) is 0 Å². The fourth-order valence-corrected chi connectivity index (χ4v) is 1.89. The Morgan fingerprint density at radius 2 is 2.10 bits per heavy atom. The number of nitrogens with one attached hydrogen (secondary N) is 1. The first-order valence-electron chi connectivity index (χ1n) is 6.54. The molecule has 1 aromatic carbocycles. The zero-order valence-corrected chi connectivity index (χ0v) is 12.0. The highest BCUT2D eigenvalue weighted by Crippen LogP contribution is 2.18. The Kier molecular flexibility index (Phi) is 4.70. The summed E-state index contributed by atoms with van der Waals surface area (Å²) in [7, 11) is 0. The fourth-order valence-electron chi connectivity index (χ4n) is 1.89. The summed E-state index contributed by atoms with van der Waals surface area (Å²) in [6, 6.07) is 8.98. The van der Waals surface area contributed by atoms with E-state index >= 15 is 0 Å². The number of aryl methyl sites for hydroxylation is 2. The molecule has 0 bridgehead atoms. The van der Waals surface area contributed by atoms with E-state index in [-0.39, 0.29) is 12.5 Å². The van der Waals surface area contributed by atoms with Crippen LogP contribution < -0.4 is 5.32 Å². The molecule has 0 unspecified atom stereocenters. The lowest BCUT2D eigenvalue weighted by molar-refractivity contribution is 0.102. The van der Waals surface area contributed by atoms with Gasteiger partial charge in [0, 0.05) is 23.0 Å². The Hall–Kier alpha value is -2.64. The van der Waals surface area contributed by atoms with Gasteiger partial charge in [-0.3, -0.25) is 9.78 Å². The zero-order chi connectivity index (χ0) is 15.2. The first kappa shape index (κ1) is 14.8. The average Bonchev–Trinajstić information content (AvgIpc) is 2.46. The highest BCUT2D eigenvalue weighted by Gasteiger charge is 2.09. The minimum atomic E-state index is -0.217. The highest BCUT2D eigenvalue weighted by atomic mass is 16.2. The SMILES string of the molecule is Cc1ccc(C#CCO)c(NC(=O)c2ccnc(C)c2)c1. The van der Waals surface area contributed by atoms with Crippen molar-refractivity contribution in [2.24, 2.45) is 0 Å². The number of hydrogen-bond acceptors (Lipinski definition) is 3. The fraction of sp³-hybridized carbons (Fsp3) is 0.176. The van der Waals surface area contributed by atoms with Gasteiger partial charge in [0.1, 0.15) is 6.61 Å². The Morgan fingerprint density at radius 3 is 2.81 bits per heavy atom. The van der Waals surface area contributed by atoms with Gasteiger partial charge in [0.25, 0.3) is 5.91 Å². The van der Waals surface area contributed by atoms with Crippen molar-refractivity contribution in [2.75, 3.05) is 11.9 Å². The molecule has 106 valence electrons. The second kappa shape index (κ2) is 6.69. The number of benzene rings is 1. The number of pyridine rings is 1. The van der Waals surface area contributed by atoms with E-state index in [1.165, 1.54) is 0 Å². The Balaban J connectivity index is 2.30. The third-order valence-electron chi connectivity index (χ3n) is 2.88. The highest BCUT2D eigenvalue weighted by molar-refractivity contribution is 6.05. The molecule has 0 spiro atoms. The van der Waals surface area contributed by atoms with Gasteiger partial charge in [-0.1, -0.05) is 17.9 Å². The average molecular weight is 280 g/mol. The van der Waals surface area contributed by atoms with Crippen LogP contribution in [-0.4, -0.2) is 22.6 Å². The van der Waals surface area contributed by atoms with E-state index in [1.54, 1.807) is 18.3 Å². The van der Waals surface area contributed by atoms with Crippen LogP contribution in [0.15, 0.2) is 36.5 Å². The number of carbonyl (C=O) groups excluding carboxylic acids is 1. The number of aromatic nitrogens is 1. The molecule has 0 saturated heterocycles. The molecule has 2 rings (SSSR count). The van der Waals surface area contributed by atoms with Crippen LogP contribution in [0.4, 0.5) is 5.69 Å². The first-order chi connectivity index (χ1) is 10.1. The van der Waals surface area contributed by atoms with Crippen molar-refractivity contribution in [2.45, 2.75) is 13.8 Å². The van der Waals surface area contributed by atoms with Gasteiger partial charge in [-0.2, -0.15) is 0 Å². The number of nitrogens with zero attached hydrogens (tertiary/aromatic N) is 1. The molecule has 0 saturated carbocycles. The van der Waals surface area contributed by atoms with Crippen LogP contribution in [0, 0.1) is 25.7 Å². The van der Waals surface area contributed by atoms with E-state index in [0.717, 1.165) is 11.3 Å². The molecule has 0 aliphatic carbocycles. The van der Waals surface area contributed by atoms with Gasteiger partial charge in [-0.05, 0) is 43.7 Å². The van der Waals surface area contributed by atoms with Crippen molar-refractivity contribution in [3.05, 3.63) is 58.9 Å². The van der Waals surface area contributed by atoms with Crippen LogP contribution in [0.5, 0.6) is 0 Å². The van der Waals surface area contributed by atoms with Crippen molar-refractivity contribution >= 4 is 11.6 Å². The second-order valence-corrected chi connectivity index (χ2v) is 4.65. The smallest absolute Gasteiger partial charge is 0.255 e. The van der Waals surface area contributed by atoms with Crippen LogP contribution >= 0.6 is 0 Å². The Labute approximate surface area is 123 Å². The summed E-state index contributed by atoms with van der Waals surface area (Å²) in [4.78, 5) is 16.3. The molecule has 2 aromatic rings. The number of carbonyl (C=O) groups is 1. The number of anilines is 1. The summed E-state index contributed by atoms with van der Waals surface area (Å²) in [6.45, 7) is 3.56. The third kappa shape index (κ3) is 3.91. The maximum atomic E-state index is 12.3. The molecular weight excluding hydrogens is 264 g/mol. The number of aliphatic hydroxyl groups is 1.